The minimum Gasteiger partial charge on any atom is -0.390 e. The molecule has 1 aliphatic carbocycles. The molecule has 3 rings (SSSR count). The third-order valence-corrected chi connectivity index (χ3v) is 5.64. The lowest BCUT2D eigenvalue weighted by Crippen LogP contribution is -2.39. The molecule has 140 valence electrons. The first-order valence-corrected chi connectivity index (χ1v) is 9.04. The van der Waals surface area contributed by atoms with E-state index in [1.54, 1.807) is 19.9 Å². The van der Waals surface area contributed by atoms with E-state index in [-0.39, 0.29) is 23.5 Å². The van der Waals surface area contributed by atoms with E-state index < -0.39 is 18.0 Å². The molecular formula is C20H30O5. The van der Waals surface area contributed by atoms with Gasteiger partial charge in [0.2, 0.25) is 0 Å². The minimum absolute atomic E-state index is 0.0923. The Morgan fingerprint density at radius 2 is 2.04 bits per heavy atom. The fourth-order valence-corrected chi connectivity index (χ4v) is 4.15. The van der Waals surface area contributed by atoms with Crippen molar-refractivity contribution in [3.63, 3.8) is 0 Å². The van der Waals surface area contributed by atoms with E-state index in [1.807, 2.05) is 19.1 Å². The van der Waals surface area contributed by atoms with Crippen LogP contribution in [-0.4, -0.2) is 51.6 Å². The molecule has 0 bridgehead atoms. The van der Waals surface area contributed by atoms with Gasteiger partial charge >= 0.3 is 0 Å². The molecular weight excluding hydrogens is 320 g/mol. The fraction of sp³-hybridized carbons (Fsp3) is 0.700. The van der Waals surface area contributed by atoms with Crippen molar-refractivity contribution in [3.8, 4) is 0 Å². The first-order valence-electron chi connectivity index (χ1n) is 9.04. The Labute approximate surface area is 149 Å². The van der Waals surface area contributed by atoms with Crippen LogP contribution in [0.3, 0.4) is 0 Å². The van der Waals surface area contributed by atoms with E-state index in [0.29, 0.717) is 13.0 Å². The van der Waals surface area contributed by atoms with E-state index in [1.165, 1.54) is 0 Å². The molecule has 0 aromatic rings. The van der Waals surface area contributed by atoms with Crippen LogP contribution in [0.2, 0.25) is 0 Å². The predicted molar refractivity (Wildman–Crippen MR) is 94.7 cm³/mol. The molecule has 3 aliphatic rings. The van der Waals surface area contributed by atoms with Gasteiger partial charge in [-0.1, -0.05) is 30.4 Å². The molecule has 5 nitrogen and oxygen atoms in total. The summed E-state index contributed by atoms with van der Waals surface area (Å²) in [7, 11) is 0. The first-order chi connectivity index (χ1) is 11.6. The van der Waals surface area contributed by atoms with Crippen LogP contribution in [0.4, 0.5) is 0 Å². The zero-order valence-corrected chi connectivity index (χ0v) is 15.3. The van der Waals surface area contributed by atoms with Crippen LogP contribution in [0.5, 0.6) is 0 Å². The SMILES string of the molecule is C=C1C[C@@H](O)[C@H]2O[C@@]2(C)CC[C@@H]2C(=CC=CC(C)(C)O)CO[C@H](O)[C@@H]12. The van der Waals surface area contributed by atoms with E-state index in [4.69, 9.17) is 9.47 Å². The third kappa shape index (κ3) is 4.07. The third-order valence-electron chi connectivity index (χ3n) is 5.64. The van der Waals surface area contributed by atoms with Crippen LogP contribution < -0.4 is 0 Å². The van der Waals surface area contributed by atoms with Crippen molar-refractivity contribution in [3.05, 3.63) is 36.0 Å². The van der Waals surface area contributed by atoms with Gasteiger partial charge in [-0.3, -0.25) is 0 Å². The Hall–Kier alpha value is -0.980. The number of fused-ring (bicyclic) bond motifs is 2. The summed E-state index contributed by atoms with van der Waals surface area (Å²) in [5, 5.41) is 30.6. The molecule has 1 saturated carbocycles. The number of rotatable bonds is 2. The zero-order chi connectivity index (χ0) is 18.4. The lowest BCUT2D eigenvalue weighted by atomic mass is 9.75. The second-order valence-electron chi connectivity index (χ2n) is 8.41. The molecule has 2 saturated heterocycles. The van der Waals surface area contributed by atoms with Crippen molar-refractivity contribution in [1.29, 1.82) is 0 Å². The van der Waals surface area contributed by atoms with Crippen LogP contribution >= 0.6 is 0 Å². The summed E-state index contributed by atoms with van der Waals surface area (Å²) in [5.74, 6) is -0.138. The molecule has 25 heavy (non-hydrogen) atoms. The van der Waals surface area contributed by atoms with E-state index in [0.717, 1.165) is 24.0 Å². The van der Waals surface area contributed by atoms with Gasteiger partial charge in [-0.25, -0.2) is 0 Å². The van der Waals surface area contributed by atoms with E-state index >= 15 is 0 Å². The summed E-state index contributed by atoms with van der Waals surface area (Å²) in [6.07, 6.45) is 5.98. The molecule has 0 aromatic carbocycles. The van der Waals surface area contributed by atoms with Gasteiger partial charge in [-0.15, -0.1) is 0 Å². The molecule has 6 atom stereocenters. The minimum atomic E-state index is -0.900. The Bertz CT molecular complexity index is 587. The molecule has 2 heterocycles. The van der Waals surface area contributed by atoms with Crippen molar-refractivity contribution in [2.75, 3.05) is 6.61 Å². The number of hydrogen-bond donors (Lipinski definition) is 3. The number of ether oxygens (including phenoxy) is 2. The summed E-state index contributed by atoms with van der Waals surface area (Å²) in [5.41, 5.74) is 0.724. The number of hydrogen-bond acceptors (Lipinski definition) is 5. The van der Waals surface area contributed by atoms with Crippen LogP contribution in [0.25, 0.3) is 0 Å². The number of allylic oxidation sites excluding steroid dienone is 2. The molecule has 0 spiro atoms. The van der Waals surface area contributed by atoms with Gasteiger partial charge in [0.1, 0.15) is 6.10 Å². The maximum Gasteiger partial charge on any atom is 0.162 e. The zero-order valence-electron chi connectivity index (χ0n) is 15.3. The van der Waals surface area contributed by atoms with Gasteiger partial charge in [-0.2, -0.15) is 0 Å². The van der Waals surface area contributed by atoms with Gasteiger partial charge in [0.25, 0.3) is 0 Å². The lowest BCUT2D eigenvalue weighted by Gasteiger charge is -2.39. The summed E-state index contributed by atoms with van der Waals surface area (Å²) < 4.78 is 11.3. The molecule has 0 amide bonds. The molecule has 5 heteroatoms. The molecule has 0 radical (unpaired) electrons. The van der Waals surface area contributed by atoms with Crippen LogP contribution in [-0.2, 0) is 9.47 Å². The molecule has 2 aliphatic heterocycles. The monoisotopic (exact) mass is 350 g/mol. The van der Waals surface area contributed by atoms with Gasteiger partial charge < -0.3 is 24.8 Å². The van der Waals surface area contributed by atoms with E-state index in [2.05, 4.69) is 6.58 Å². The normalized spacial score (nSPS) is 44.0. The second kappa shape index (κ2) is 6.63. The Morgan fingerprint density at radius 1 is 1.32 bits per heavy atom. The first kappa shape index (κ1) is 18.8. The van der Waals surface area contributed by atoms with Crippen LogP contribution in [0.15, 0.2) is 36.0 Å². The van der Waals surface area contributed by atoms with Crippen molar-refractivity contribution < 1.29 is 24.8 Å². The number of epoxide rings is 1. The molecule has 0 unspecified atom stereocenters. The lowest BCUT2D eigenvalue weighted by molar-refractivity contribution is -0.150. The number of aliphatic hydroxyl groups excluding tert-OH is 2. The van der Waals surface area contributed by atoms with Gasteiger partial charge in [0.15, 0.2) is 6.29 Å². The summed E-state index contributed by atoms with van der Waals surface area (Å²) in [4.78, 5) is 0. The summed E-state index contributed by atoms with van der Waals surface area (Å²) in [6, 6.07) is 0. The highest BCUT2D eigenvalue weighted by Gasteiger charge is 2.57. The van der Waals surface area contributed by atoms with Gasteiger partial charge in [0, 0.05) is 5.92 Å². The Morgan fingerprint density at radius 3 is 2.72 bits per heavy atom. The highest BCUT2D eigenvalue weighted by Crippen LogP contribution is 2.49. The maximum absolute atomic E-state index is 10.4. The number of aliphatic hydroxyl groups is 3. The highest BCUT2D eigenvalue weighted by atomic mass is 16.6. The van der Waals surface area contributed by atoms with Crippen molar-refractivity contribution >= 4 is 0 Å². The largest absolute Gasteiger partial charge is 0.390 e. The average molecular weight is 350 g/mol. The quantitative estimate of drug-likeness (QED) is 0.525. The highest BCUT2D eigenvalue weighted by molar-refractivity contribution is 5.25. The van der Waals surface area contributed by atoms with Crippen molar-refractivity contribution in [2.24, 2.45) is 11.8 Å². The maximum atomic E-state index is 10.4. The topological polar surface area (TPSA) is 82.5 Å². The fourth-order valence-electron chi connectivity index (χ4n) is 4.15. The molecule has 3 N–H and O–H groups in total. The van der Waals surface area contributed by atoms with Crippen molar-refractivity contribution in [1.82, 2.24) is 0 Å². The van der Waals surface area contributed by atoms with Gasteiger partial charge in [-0.05, 0) is 51.5 Å². The Kier molecular flexibility index (Phi) is 4.99. The summed E-state index contributed by atoms with van der Waals surface area (Å²) >= 11 is 0. The predicted octanol–water partition coefficient (Wildman–Crippen LogP) is 2.08. The van der Waals surface area contributed by atoms with E-state index in [9.17, 15) is 15.3 Å². The standard InChI is InChI=1S/C20H30O5/c1-12-10-15(21)17-20(4,25-17)9-7-14-13(6-5-8-19(2,3)23)11-24-18(22)16(12)14/h5-6,8,14-18,21-23H,1,7,9-11H2,2-4H3/t14-,15-,16+,17-,18+,20+/m1/s1. The van der Waals surface area contributed by atoms with Crippen LogP contribution in [0, 0.1) is 11.8 Å². The smallest absolute Gasteiger partial charge is 0.162 e. The van der Waals surface area contributed by atoms with Crippen LogP contribution in [0.1, 0.15) is 40.0 Å². The van der Waals surface area contributed by atoms with Gasteiger partial charge in [0.05, 0.1) is 23.9 Å². The molecule has 0 aromatic heterocycles. The Balaban J connectivity index is 1.87. The second-order valence-corrected chi connectivity index (χ2v) is 8.41. The van der Waals surface area contributed by atoms with Crippen molar-refractivity contribution in [2.45, 2.75) is 69.7 Å². The average Bonchev–Trinajstić information content (AvgIpc) is 3.17. The summed E-state index contributed by atoms with van der Waals surface area (Å²) in [6.45, 7) is 9.97. The molecule has 3 fully saturated rings.